The highest BCUT2D eigenvalue weighted by molar-refractivity contribution is 8.00. The highest BCUT2D eigenvalue weighted by Crippen LogP contribution is 2.27. The number of benzene rings is 2. The maximum absolute atomic E-state index is 12.5. The smallest absolute Gasteiger partial charge is 0.318 e. The first-order chi connectivity index (χ1) is 11.5. The molecular formula is C18H21N3O2S. The van der Waals surface area contributed by atoms with Crippen LogP contribution in [0.5, 0.6) is 0 Å². The van der Waals surface area contributed by atoms with Crippen molar-refractivity contribution in [2.75, 3.05) is 17.7 Å². The third-order valence-corrected chi connectivity index (χ3v) is 4.20. The van der Waals surface area contributed by atoms with Gasteiger partial charge in [0, 0.05) is 28.6 Å². The molecule has 3 amide bonds. The van der Waals surface area contributed by atoms with Crippen molar-refractivity contribution < 1.29 is 9.59 Å². The highest BCUT2D eigenvalue weighted by atomic mass is 32.2. The summed E-state index contributed by atoms with van der Waals surface area (Å²) < 4.78 is 0. The zero-order chi connectivity index (χ0) is 17.5. The Balaban J connectivity index is 2.08. The van der Waals surface area contributed by atoms with Gasteiger partial charge in [0.1, 0.15) is 0 Å². The van der Waals surface area contributed by atoms with E-state index < -0.39 is 0 Å². The van der Waals surface area contributed by atoms with Gasteiger partial charge >= 0.3 is 6.03 Å². The van der Waals surface area contributed by atoms with Crippen LogP contribution in [-0.2, 0) is 0 Å². The first kappa shape index (κ1) is 17.9. The molecule has 5 nitrogen and oxygen atoms in total. The van der Waals surface area contributed by atoms with Gasteiger partial charge in [0.05, 0.1) is 5.56 Å². The quantitative estimate of drug-likeness (QED) is 0.713. The van der Waals surface area contributed by atoms with Gasteiger partial charge in [-0.3, -0.25) is 4.79 Å². The number of anilines is 2. The van der Waals surface area contributed by atoms with Crippen LogP contribution in [0.15, 0.2) is 53.4 Å². The summed E-state index contributed by atoms with van der Waals surface area (Å²) in [7, 11) is 1.55. The summed E-state index contributed by atoms with van der Waals surface area (Å²) in [6, 6.07) is 14.3. The summed E-state index contributed by atoms with van der Waals surface area (Å²) in [5, 5.41) is 8.43. The number of urea groups is 1. The number of rotatable bonds is 5. The van der Waals surface area contributed by atoms with Gasteiger partial charge in [-0.15, -0.1) is 11.8 Å². The minimum atomic E-state index is -0.286. The van der Waals surface area contributed by atoms with Crippen LogP contribution in [0.25, 0.3) is 0 Å². The fraction of sp³-hybridized carbons (Fsp3) is 0.222. The lowest BCUT2D eigenvalue weighted by atomic mass is 10.2. The van der Waals surface area contributed by atoms with Gasteiger partial charge in [0.2, 0.25) is 0 Å². The molecule has 0 aliphatic rings. The standard InChI is InChI=1S/C18H21N3O2S/c1-12(2)24-16-7-5-4-6-15(16)17(22)20-13-8-10-14(11-9-13)21-18(23)19-3/h4-12H,1-3H3,(H,20,22)(H2,19,21,23). The SMILES string of the molecule is CNC(=O)Nc1ccc(NC(=O)c2ccccc2SC(C)C)cc1. The first-order valence-electron chi connectivity index (χ1n) is 7.65. The Hall–Kier alpha value is -2.47. The summed E-state index contributed by atoms with van der Waals surface area (Å²) in [4.78, 5) is 24.7. The molecule has 0 fully saturated rings. The van der Waals surface area contributed by atoms with Crippen molar-refractivity contribution in [2.45, 2.75) is 24.0 Å². The molecule has 0 saturated carbocycles. The average molecular weight is 343 g/mol. The molecule has 0 bridgehead atoms. The Morgan fingerprint density at radius 2 is 1.50 bits per heavy atom. The number of carbonyl (C=O) groups excluding carboxylic acids is 2. The Bertz CT molecular complexity index is 714. The van der Waals surface area contributed by atoms with E-state index in [2.05, 4.69) is 29.8 Å². The molecule has 0 aliphatic heterocycles. The molecular weight excluding hydrogens is 322 g/mol. The molecule has 6 heteroatoms. The van der Waals surface area contributed by atoms with Crippen LogP contribution in [0.3, 0.4) is 0 Å². The summed E-state index contributed by atoms with van der Waals surface area (Å²) in [6.07, 6.45) is 0. The Morgan fingerprint density at radius 3 is 2.08 bits per heavy atom. The molecule has 0 saturated heterocycles. The second-order valence-electron chi connectivity index (χ2n) is 5.40. The minimum absolute atomic E-state index is 0.147. The van der Waals surface area contributed by atoms with Crippen molar-refractivity contribution in [3.05, 3.63) is 54.1 Å². The summed E-state index contributed by atoms with van der Waals surface area (Å²) in [5.74, 6) is -0.147. The molecule has 126 valence electrons. The summed E-state index contributed by atoms with van der Waals surface area (Å²) in [6.45, 7) is 4.19. The molecule has 24 heavy (non-hydrogen) atoms. The number of hydrogen-bond acceptors (Lipinski definition) is 3. The summed E-state index contributed by atoms with van der Waals surface area (Å²) in [5.41, 5.74) is 1.98. The van der Waals surface area contributed by atoms with Gasteiger partial charge in [-0.2, -0.15) is 0 Å². The van der Waals surface area contributed by atoms with Crippen molar-refractivity contribution in [2.24, 2.45) is 0 Å². The van der Waals surface area contributed by atoms with Crippen LogP contribution in [0.4, 0.5) is 16.2 Å². The molecule has 0 spiro atoms. The monoisotopic (exact) mass is 343 g/mol. The van der Waals surface area contributed by atoms with Crippen molar-refractivity contribution in [1.82, 2.24) is 5.32 Å². The third kappa shape index (κ3) is 5.03. The van der Waals surface area contributed by atoms with Gasteiger partial charge < -0.3 is 16.0 Å². The number of amides is 3. The molecule has 0 aromatic heterocycles. The van der Waals surface area contributed by atoms with E-state index in [4.69, 9.17) is 0 Å². The van der Waals surface area contributed by atoms with Gasteiger partial charge in [-0.25, -0.2) is 4.79 Å². The number of nitrogens with one attached hydrogen (secondary N) is 3. The topological polar surface area (TPSA) is 70.2 Å². The van der Waals surface area contributed by atoms with Gasteiger partial charge in [0.25, 0.3) is 5.91 Å². The molecule has 0 atom stereocenters. The van der Waals surface area contributed by atoms with E-state index in [1.807, 2.05) is 24.3 Å². The maximum Gasteiger partial charge on any atom is 0.318 e. The predicted octanol–water partition coefficient (Wildman–Crippen LogP) is 4.19. The zero-order valence-electron chi connectivity index (χ0n) is 13.9. The van der Waals surface area contributed by atoms with E-state index in [1.165, 1.54) is 0 Å². The molecule has 0 unspecified atom stereocenters. The minimum Gasteiger partial charge on any atom is -0.341 e. The predicted molar refractivity (Wildman–Crippen MR) is 99.9 cm³/mol. The largest absolute Gasteiger partial charge is 0.341 e. The van der Waals surface area contributed by atoms with Crippen molar-refractivity contribution in [1.29, 1.82) is 0 Å². The molecule has 0 heterocycles. The van der Waals surface area contributed by atoms with Gasteiger partial charge in [-0.05, 0) is 36.4 Å². The number of hydrogen-bond donors (Lipinski definition) is 3. The maximum atomic E-state index is 12.5. The highest BCUT2D eigenvalue weighted by Gasteiger charge is 2.12. The van der Waals surface area contributed by atoms with Crippen LogP contribution >= 0.6 is 11.8 Å². The van der Waals surface area contributed by atoms with E-state index in [-0.39, 0.29) is 11.9 Å². The first-order valence-corrected chi connectivity index (χ1v) is 8.53. The lowest BCUT2D eigenvalue weighted by Gasteiger charge is -2.12. The van der Waals surface area contributed by atoms with Crippen LogP contribution < -0.4 is 16.0 Å². The van der Waals surface area contributed by atoms with E-state index in [0.29, 0.717) is 22.2 Å². The van der Waals surface area contributed by atoms with Crippen LogP contribution in [0, 0.1) is 0 Å². The van der Waals surface area contributed by atoms with Crippen molar-refractivity contribution in [3.63, 3.8) is 0 Å². The normalized spacial score (nSPS) is 10.3. The fourth-order valence-electron chi connectivity index (χ4n) is 2.04. The molecule has 0 radical (unpaired) electrons. The zero-order valence-corrected chi connectivity index (χ0v) is 14.7. The van der Waals surface area contributed by atoms with E-state index in [0.717, 1.165) is 4.90 Å². The Morgan fingerprint density at radius 1 is 0.917 bits per heavy atom. The van der Waals surface area contributed by atoms with Gasteiger partial charge in [-0.1, -0.05) is 26.0 Å². The van der Waals surface area contributed by atoms with Gasteiger partial charge in [0.15, 0.2) is 0 Å². The van der Waals surface area contributed by atoms with Crippen molar-refractivity contribution in [3.8, 4) is 0 Å². The molecule has 0 aliphatic carbocycles. The number of carbonyl (C=O) groups is 2. The van der Waals surface area contributed by atoms with Crippen LogP contribution in [0.1, 0.15) is 24.2 Å². The third-order valence-electron chi connectivity index (χ3n) is 3.12. The van der Waals surface area contributed by atoms with Crippen LogP contribution in [0.2, 0.25) is 0 Å². The van der Waals surface area contributed by atoms with E-state index in [1.54, 1.807) is 43.1 Å². The summed E-state index contributed by atoms with van der Waals surface area (Å²) >= 11 is 1.66. The van der Waals surface area contributed by atoms with Crippen LogP contribution in [-0.4, -0.2) is 24.2 Å². The lowest BCUT2D eigenvalue weighted by molar-refractivity contribution is 0.102. The van der Waals surface area contributed by atoms with E-state index >= 15 is 0 Å². The molecule has 3 N–H and O–H groups in total. The molecule has 2 aromatic rings. The Kier molecular flexibility index (Phi) is 6.26. The average Bonchev–Trinajstić information content (AvgIpc) is 2.56. The second-order valence-corrected chi connectivity index (χ2v) is 7.02. The second kappa shape index (κ2) is 8.40. The lowest BCUT2D eigenvalue weighted by Crippen LogP contribution is -2.24. The Labute approximate surface area is 146 Å². The molecule has 2 rings (SSSR count). The molecule has 2 aromatic carbocycles. The number of thioether (sulfide) groups is 1. The fourth-order valence-corrected chi connectivity index (χ4v) is 2.99. The van der Waals surface area contributed by atoms with Crippen molar-refractivity contribution >= 4 is 35.1 Å². The van der Waals surface area contributed by atoms with E-state index in [9.17, 15) is 9.59 Å².